The highest BCUT2D eigenvalue weighted by atomic mass is 16.5. The van der Waals surface area contributed by atoms with Gasteiger partial charge in [0.05, 0.1) is 25.6 Å². The third-order valence-electron chi connectivity index (χ3n) is 5.69. The van der Waals surface area contributed by atoms with E-state index in [4.69, 9.17) is 14.5 Å². The molecule has 1 aliphatic rings. The van der Waals surface area contributed by atoms with Crippen LogP contribution in [0.25, 0.3) is 16.8 Å². The molecule has 0 amide bonds. The number of ether oxygens (including phenoxy) is 2. The summed E-state index contributed by atoms with van der Waals surface area (Å²) >= 11 is 0. The van der Waals surface area contributed by atoms with Crippen LogP contribution in [0.1, 0.15) is 16.8 Å². The van der Waals surface area contributed by atoms with Gasteiger partial charge in [0.1, 0.15) is 11.5 Å². The van der Waals surface area contributed by atoms with Crippen LogP contribution in [0.3, 0.4) is 0 Å². The van der Waals surface area contributed by atoms with Crippen molar-refractivity contribution < 1.29 is 9.47 Å². The Labute approximate surface area is 193 Å². The van der Waals surface area contributed by atoms with Gasteiger partial charge in [0, 0.05) is 28.1 Å². The number of nitrogens with zero attached hydrogens (tertiary/aromatic N) is 1. The number of aliphatic imine (C=N–C) groups is 1. The number of hydrogen-bond donors (Lipinski definition) is 1. The van der Waals surface area contributed by atoms with E-state index in [1.807, 2.05) is 66.7 Å². The Morgan fingerprint density at radius 1 is 0.667 bits per heavy atom. The minimum atomic E-state index is 0.807. The fourth-order valence-corrected chi connectivity index (χ4v) is 4.12. The number of H-pyrrole nitrogens is 1. The number of methoxy groups -OCH3 is 2. The molecule has 5 rings (SSSR count). The summed E-state index contributed by atoms with van der Waals surface area (Å²) in [4.78, 5) is 8.59. The van der Waals surface area contributed by atoms with Crippen LogP contribution in [-0.2, 0) is 0 Å². The Kier molecular flexibility index (Phi) is 5.64. The van der Waals surface area contributed by atoms with E-state index in [0.29, 0.717) is 0 Å². The van der Waals surface area contributed by atoms with Crippen LogP contribution in [0.5, 0.6) is 11.5 Å². The van der Waals surface area contributed by atoms with Gasteiger partial charge in [-0.3, -0.25) is 0 Å². The van der Waals surface area contributed by atoms with E-state index in [1.54, 1.807) is 14.2 Å². The van der Waals surface area contributed by atoms with Gasteiger partial charge < -0.3 is 14.5 Å². The van der Waals surface area contributed by atoms with Crippen molar-refractivity contribution in [3.05, 3.63) is 126 Å². The van der Waals surface area contributed by atoms with Gasteiger partial charge in [-0.05, 0) is 54.1 Å². The highest BCUT2D eigenvalue weighted by molar-refractivity contribution is 6.13. The van der Waals surface area contributed by atoms with Crippen LogP contribution < -0.4 is 9.47 Å². The van der Waals surface area contributed by atoms with Gasteiger partial charge in [0.2, 0.25) is 0 Å². The van der Waals surface area contributed by atoms with Gasteiger partial charge in [-0.2, -0.15) is 0 Å². The Morgan fingerprint density at radius 2 is 1.30 bits per heavy atom. The summed E-state index contributed by atoms with van der Waals surface area (Å²) in [5, 5.41) is 0. The number of aromatic nitrogens is 1. The van der Waals surface area contributed by atoms with Crippen molar-refractivity contribution in [2.75, 3.05) is 14.2 Å². The summed E-state index contributed by atoms with van der Waals surface area (Å²) in [6.45, 7) is 0. The summed E-state index contributed by atoms with van der Waals surface area (Å²) in [7, 11) is 3.38. The van der Waals surface area contributed by atoms with Crippen LogP contribution >= 0.6 is 0 Å². The maximum absolute atomic E-state index is 5.56. The zero-order valence-electron chi connectivity index (χ0n) is 18.6. The molecule has 0 spiro atoms. The van der Waals surface area contributed by atoms with Crippen LogP contribution in [-0.4, -0.2) is 24.9 Å². The van der Waals surface area contributed by atoms with Crippen molar-refractivity contribution in [2.45, 2.75) is 0 Å². The first-order valence-corrected chi connectivity index (χ1v) is 10.8. The summed E-state index contributed by atoms with van der Waals surface area (Å²) in [5.41, 5.74) is 7.89. The quantitative estimate of drug-likeness (QED) is 0.377. The van der Waals surface area contributed by atoms with E-state index >= 15 is 0 Å². The maximum Gasteiger partial charge on any atom is 0.128 e. The largest absolute Gasteiger partial charge is 0.496 e. The Hall–Kier alpha value is -4.31. The zero-order valence-corrected chi connectivity index (χ0v) is 18.6. The molecule has 1 aromatic heterocycles. The van der Waals surface area contributed by atoms with E-state index < -0.39 is 0 Å². The first-order valence-electron chi connectivity index (χ1n) is 10.8. The van der Waals surface area contributed by atoms with E-state index in [2.05, 4.69) is 41.4 Å². The molecule has 162 valence electrons. The molecule has 0 saturated carbocycles. The van der Waals surface area contributed by atoms with Crippen molar-refractivity contribution in [3.63, 3.8) is 0 Å². The maximum atomic E-state index is 5.56. The molecule has 33 heavy (non-hydrogen) atoms. The molecule has 0 unspecified atom stereocenters. The van der Waals surface area contributed by atoms with E-state index in [1.165, 1.54) is 0 Å². The Balaban J connectivity index is 1.64. The second-order valence-electron chi connectivity index (χ2n) is 7.64. The molecule has 0 atom stereocenters. The fourth-order valence-electron chi connectivity index (χ4n) is 4.12. The second-order valence-corrected chi connectivity index (χ2v) is 7.64. The molecule has 0 bridgehead atoms. The predicted octanol–water partition coefficient (Wildman–Crippen LogP) is 6.52. The summed E-state index contributed by atoms with van der Waals surface area (Å²) in [6.07, 6.45) is 4.11. The molecular weight excluding hydrogens is 408 g/mol. The number of para-hydroxylation sites is 2. The minimum absolute atomic E-state index is 0.807. The molecule has 0 fully saturated rings. The molecule has 4 nitrogen and oxygen atoms in total. The molecule has 0 aliphatic carbocycles. The molecule has 1 N–H and O–H groups in total. The average molecular weight is 433 g/mol. The lowest BCUT2D eigenvalue weighted by atomic mass is 10.0. The first-order chi connectivity index (χ1) is 16.3. The van der Waals surface area contributed by atoms with Crippen molar-refractivity contribution >= 4 is 11.3 Å². The van der Waals surface area contributed by atoms with E-state index in [9.17, 15) is 0 Å². The molecule has 0 radical (unpaired) electrons. The Morgan fingerprint density at radius 3 is 2.03 bits per heavy atom. The van der Waals surface area contributed by atoms with Crippen LogP contribution in [0, 0.1) is 0 Å². The molecule has 0 saturated heterocycles. The third-order valence-corrected chi connectivity index (χ3v) is 5.69. The molecule has 4 heteroatoms. The third kappa shape index (κ3) is 3.99. The average Bonchev–Trinajstić information content (AvgIpc) is 3.56. The molecule has 4 aromatic rings. The highest BCUT2D eigenvalue weighted by Gasteiger charge is 2.18. The number of allylic oxidation sites excluding steroid dienone is 2. The van der Waals surface area contributed by atoms with Crippen molar-refractivity contribution in [3.8, 4) is 22.8 Å². The smallest absolute Gasteiger partial charge is 0.128 e. The highest BCUT2D eigenvalue weighted by Crippen LogP contribution is 2.35. The normalized spacial score (nSPS) is 14.2. The molecule has 3 aromatic carbocycles. The van der Waals surface area contributed by atoms with Gasteiger partial charge in [0.15, 0.2) is 0 Å². The van der Waals surface area contributed by atoms with Crippen LogP contribution in [0.2, 0.25) is 0 Å². The van der Waals surface area contributed by atoms with Gasteiger partial charge in [-0.25, -0.2) is 4.99 Å². The lowest BCUT2D eigenvalue weighted by molar-refractivity contribution is 0.414. The summed E-state index contributed by atoms with van der Waals surface area (Å²) in [6, 6.07) is 30.5. The molecule has 2 heterocycles. The number of aromatic amines is 1. The topological polar surface area (TPSA) is 46.6 Å². The van der Waals surface area contributed by atoms with Crippen LogP contribution in [0.4, 0.5) is 0 Å². The number of rotatable bonds is 6. The SMILES string of the molecule is COc1ccccc1C1=N/C(=C(/c2ccccc2)c2ccc(-c3ccccc3OC)[nH]2)C=C1. The van der Waals surface area contributed by atoms with Gasteiger partial charge in [0.25, 0.3) is 0 Å². The van der Waals surface area contributed by atoms with Crippen molar-refractivity contribution in [2.24, 2.45) is 4.99 Å². The van der Waals surface area contributed by atoms with Crippen LogP contribution in [0.15, 0.2) is 114 Å². The number of benzene rings is 3. The second kappa shape index (κ2) is 9.05. The Bertz CT molecular complexity index is 1380. The van der Waals surface area contributed by atoms with Crippen molar-refractivity contribution in [1.29, 1.82) is 0 Å². The zero-order chi connectivity index (χ0) is 22.6. The number of nitrogens with one attached hydrogen (secondary N) is 1. The summed E-state index contributed by atoms with van der Waals surface area (Å²) < 4.78 is 11.1. The minimum Gasteiger partial charge on any atom is -0.496 e. The summed E-state index contributed by atoms with van der Waals surface area (Å²) in [5.74, 6) is 1.64. The molecule has 1 aliphatic heterocycles. The monoisotopic (exact) mass is 432 g/mol. The van der Waals surface area contributed by atoms with E-state index in [0.717, 1.165) is 56.6 Å². The van der Waals surface area contributed by atoms with Gasteiger partial charge in [-0.15, -0.1) is 0 Å². The van der Waals surface area contributed by atoms with Crippen molar-refractivity contribution in [1.82, 2.24) is 4.98 Å². The number of hydrogen-bond acceptors (Lipinski definition) is 3. The standard InChI is InChI=1S/C29H24N2O2/c1-32-27-14-8-6-12-21(27)23-16-18-25(30-23)29(20-10-4-3-5-11-20)26-19-17-24(31-26)22-13-7-9-15-28(22)33-2/h3-19,30H,1-2H3/b29-26-. The fraction of sp³-hybridized carbons (Fsp3) is 0.0690. The molecular formula is C29H24N2O2. The lowest BCUT2D eigenvalue weighted by Crippen LogP contribution is -1.98. The first kappa shape index (κ1) is 20.6. The van der Waals surface area contributed by atoms with Gasteiger partial charge >= 0.3 is 0 Å². The van der Waals surface area contributed by atoms with E-state index in [-0.39, 0.29) is 0 Å². The predicted molar refractivity (Wildman–Crippen MR) is 134 cm³/mol. The van der Waals surface area contributed by atoms with Gasteiger partial charge in [-0.1, -0.05) is 54.6 Å². The lowest BCUT2D eigenvalue weighted by Gasteiger charge is -2.10.